The molecule has 0 fully saturated rings. The molecule has 168 valence electrons. The summed E-state index contributed by atoms with van der Waals surface area (Å²) in [5.74, 6) is 0.436. The van der Waals surface area contributed by atoms with Gasteiger partial charge in [-0.1, -0.05) is 38.3 Å². The maximum atomic E-state index is 11.5. The van der Waals surface area contributed by atoms with Crippen molar-refractivity contribution in [2.45, 2.75) is 6.92 Å². The van der Waals surface area contributed by atoms with Crippen LogP contribution in [0.15, 0.2) is 30.3 Å². The molecule has 0 aliphatic carbocycles. The van der Waals surface area contributed by atoms with Gasteiger partial charge in [0.05, 0.1) is 7.11 Å². The third kappa shape index (κ3) is 9.51. The number of ketones is 1. The number of ether oxygens (including phenoxy) is 1. The summed E-state index contributed by atoms with van der Waals surface area (Å²) >= 11 is 0. The number of aromatic nitrogens is 2. The lowest BCUT2D eigenvalue weighted by Crippen LogP contribution is -1.97. The Balaban J connectivity index is 0.000000314. The van der Waals surface area contributed by atoms with Gasteiger partial charge in [0.25, 0.3) is 0 Å². The van der Waals surface area contributed by atoms with Gasteiger partial charge in [0, 0.05) is 19.5 Å². The van der Waals surface area contributed by atoms with Crippen molar-refractivity contribution in [1.82, 2.24) is 9.78 Å². The van der Waals surface area contributed by atoms with Crippen molar-refractivity contribution >= 4 is 111 Å². The van der Waals surface area contributed by atoms with E-state index in [9.17, 15) is 4.79 Å². The Kier molecular flexibility index (Phi) is 17.1. The molecule has 0 saturated carbocycles. The first-order chi connectivity index (χ1) is 14.1. The number of Topliss-reactive ketones (excluding diaryl/α,β-unsaturated/α-hetero) is 1. The summed E-state index contributed by atoms with van der Waals surface area (Å²) in [5, 5.41) is 4.20. The van der Waals surface area contributed by atoms with E-state index in [1.807, 2.05) is 30.3 Å². The number of methoxy groups -OCH3 is 1. The number of rotatable bonds is 8. The summed E-state index contributed by atoms with van der Waals surface area (Å²) in [6, 6.07) is 9.75. The first kappa shape index (κ1) is 31.5. The zero-order chi connectivity index (χ0) is 23.0. The van der Waals surface area contributed by atoms with Crippen molar-refractivity contribution in [1.29, 1.82) is 0 Å². The van der Waals surface area contributed by atoms with Crippen LogP contribution in [0, 0.1) is 0 Å². The van der Waals surface area contributed by atoms with Crippen LogP contribution in [-0.2, 0) is 7.05 Å². The van der Waals surface area contributed by atoms with Crippen molar-refractivity contribution in [2.75, 3.05) is 7.11 Å². The molecule has 30 heavy (non-hydrogen) atoms. The molecule has 0 N–H and O–H groups in total. The molecule has 1 heterocycles. The fourth-order valence-corrected chi connectivity index (χ4v) is 130. The Morgan fingerprint density at radius 1 is 1.03 bits per heavy atom. The maximum Gasteiger partial charge on any atom is 0.183 e. The average molecular weight is 648 g/mol. The highest BCUT2D eigenvalue weighted by atomic mass is 33.3. The molecule has 1 aromatic carbocycles. The molecule has 2 aromatic rings. The smallest absolute Gasteiger partial charge is 0.183 e. The largest absolute Gasteiger partial charge is 0.492 e. The highest BCUT2D eigenvalue weighted by molar-refractivity contribution is 9.24. The van der Waals surface area contributed by atoms with Gasteiger partial charge in [-0.2, -0.15) is 5.10 Å². The third-order valence-corrected chi connectivity index (χ3v) is 76.8. The second-order valence-corrected chi connectivity index (χ2v) is 53.1. The van der Waals surface area contributed by atoms with Crippen molar-refractivity contribution in [3.63, 3.8) is 0 Å². The Morgan fingerprint density at radius 2 is 1.57 bits per heavy atom. The minimum atomic E-state index is -0.0976. The van der Waals surface area contributed by atoms with Crippen LogP contribution < -0.4 is 4.74 Å². The van der Waals surface area contributed by atoms with Crippen molar-refractivity contribution in [2.24, 2.45) is 7.05 Å². The molecule has 9 atom stereocenters. The lowest BCUT2D eigenvalue weighted by molar-refractivity contribution is 0.100. The van der Waals surface area contributed by atoms with E-state index in [4.69, 9.17) is 4.74 Å². The lowest BCUT2D eigenvalue weighted by atomic mass is 10.1. The highest BCUT2D eigenvalue weighted by Crippen LogP contribution is 3.18. The number of carbonyl (C=O) groups is 1. The van der Waals surface area contributed by atoms with Crippen LogP contribution in [0.1, 0.15) is 17.4 Å². The number of hydrogen-bond donors (Lipinski definition) is 0. The predicted molar refractivity (Wildman–Crippen MR) is 176 cm³/mol. The Labute approximate surface area is 203 Å². The van der Waals surface area contributed by atoms with Gasteiger partial charge in [-0.3, -0.25) is 9.48 Å². The van der Waals surface area contributed by atoms with Gasteiger partial charge >= 0.3 is 0 Å². The molecule has 0 amide bonds. The first-order valence-electron chi connectivity index (χ1n) is 8.18. The Hall–Kier alpha value is 3.49. The average Bonchev–Trinajstić information content (AvgIpc) is 3.02. The maximum absolute atomic E-state index is 11.5. The van der Waals surface area contributed by atoms with Gasteiger partial charge in [-0.15, -0.1) is 62.5 Å². The molecule has 4 nitrogen and oxygen atoms in total. The van der Waals surface area contributed by atoms with Crippen molar-refractivity contribution in [3.8, 4) is 17.0 Å². The zero-order valence-electron chi connectivity index (χ0n) is 16.9. The summed E-state index contributed by atoms with van der Waals surface area (Å²) in [7, 11) is 25.6. The fraction of sp³-hybridized carbons (Fsp3) is 0.231. The molecule has 0 aliphatic heterocycles. The normalized spacial score (nSPS) is 12.7. The molecular weight excluding hydrogens is 619 g/mol. The monoisotopic (exact) mass is 648 g/mol. The molecule has 17 heteroatoms. The summed E-state index contributed by atoms with van der Waals surface area (Å²) in [6.07, 6.45) is 0. The van der Waals surface area contributed by atoms with Crippen LogP contribution in [0.4, 0.5) is 0 Å². The van der Waals surface area contributed by atoms with Gasteiger partial charge in [0.2, 0.25) is 0 Å². The van der Waals surface area contributed by atoms with E-state index in [-0.39, 0.29) is 40.7 Å². The number of benzene rings is 1. The molecular formula is C13H29N2O2P13. The van der Waals surface area contributed by atoms with Crippen LogP contribution in [0.3, 0.4) is 0 Å². The van der Waals surface area contributed by atoms with Crippen LogP contribution in [0.25, 0.3) is 11.3 Å². The van der Waals surface area contributed by atoms with Crippen LogP contribution in [0.5, 0.6) is 5.75 Å². The van der Waals surface area contributed by atoms with E-state index in [0.717, 1.165) is 19.2 Å². The van der Waals surface area contributed by atoms with Gasteiger partial charge < -0.3 is 4.74 Å². The van der Waals surface area contributed by atoms with E-state index in [1.165, 1.54) is 6.92 Å². The van der Waals surface area contributed by atoms with E-state index in [1.54, 1.807) is 18.8 Å². The molecule has 0 saturated heterocycles. The molecule has 0 aliphatic rings. The van der Waals surface area contributed by atoms with E-state index in [0.29, 0.717) is 11.4 Å². The quantitative estimate of drug-likeness (QED) is 0.212. The van der Waals surface area contributed by atoms with Crippen molar-refractivity contribution < 1.29 is 9.53 Å². The topological polar surface area (TPSA) is 44.1 Å². The fourth-order valence-electron chi connectivity index (χ4n) is 2.37. The molecule has 0 radical (unpaired) electrons. The second-order valence-electron chi connectivity index (χ2n) is 5.60. The van der Waals surface area contributed by atoms with Crippen LogP contribution in [0.2, 0.25) is 0 Å². The van der Waals surface area contributed by atoms with Crippen LogP contribution >= 0.6 is 105 Å². The van der Waals surface area contributed by atoms with Gasteiger partial charge in [0.15, 0.2) is 17.2 Å². The second kappa shape index (κ2) is 16.3. The lowest BCUT2D eigenvalue weighted by Gasteiger charge is -2.34. The molecule has 2 rings (SSSR count). The number of hydrogen-bond acceptors (Lipinski definition) is 3. The van der Waals surface area contributed by atoms with Crippen LogP contribution in [-0.4, -0.2) is 22.7 Å². The van der Waals surface area contributed by atoms with E-state index >= 15 is 0 Å². The third-order valence-electron chi connectivity index (χ3n) is 3.51. The number of nitrogens with zero attached hydrogens (tertiary/aromatic N) is 2. The number of aryl methyl sites for hydroxylation is 1. The van der Waals surface area contributed by atoms with Gasteiger partial charge in [-0.05, 0) is 34.9 Å². The van der Waals surface area contributed by atoms with E-state index in [2.05, 4.69) is 67.6 Å². The zero-order valence-corrected chi connectivity index (χ0v) is 30.4. The van der Waals surface area contributed by atoms with Gasteiger partial charge in [0.1, 0.15) is 5.69 Å². The Bertz CT molecular complexity index is 794. The summed E-state index contributed by atoms with van der Waals surface area (Å²) in [5.41, 5.74) is 2.17. The number of carbonyl (C=O) groups excluding carboxylic acids is 1. The minimum absolute atomic E-state index is 0.0976. The SMILES string of the molecule is COc1c(C(C)=O)nn(C)c1-c1ccccc1.PPP(P(P)P)P(P(P)P)P(P)P. The summed E-state index contributed by atoms with van der Waals surface area (Å²) in [4.78, 5) is 11.5. The van der Waals surface area contributed by atoms with E-state index < -0.39 is 0 Å². The highest BCUT2D eigenvalue weighted by Gasteiger charge is 2.28. The standard InChI is InChI=1S/C13H14N2O2.H15P13/c1-9(16)11-13(17-3)12(15(2)14-11)10-7-5-4-6-8-10;1-8-12(9(2)3)13(10(4)5)11(6)7/h4-8H,1-3H3;8H,1-7H2. The Morgan fingerprint density at radius 3 is 1.90 bits per heavy atom. The molecule has 0 bridgehead atoms. The predicted octanol–water partition coefficient (Wildman–Crippen LogP) is 9.48. The molecule has 9 unspecified atom stereocenters. The van der Waals surface area contributed by atoms with Crippen molar-refractivity contribution in [3.05, 3.63) is 36.0 Å². The summed E-state index contributed by atoms with van der Waals surface area (Å²) < 4.78 is 6.98. The molecule has 0 spiro atoms. The minimum Gasteiger partial charge on any atom is -0.492 e. The first-order valence-corrected chi connectivity index (χ1v) is 31.1. The summed E-state index contributed by atoms with van der Waals surface area (Å²) in [6.45, 7) is 2.35. The van der Waals surface area contributed by atoms with Gasteiger partial charge in [-0.25, -0.2) is 0 Å². The molecule has 1 aromatic heterocycles.